The first-order valence-electron chi connectivity index (χ1n) is 6.09. The number of hydrogen-bond acceptors (Lipinski definition) is 4. The summed E-state index contributed by atoms with van der Waals surface area (Å²) in [6, 6.07) is 6.06. The van der Waals surface area contributed by atoms with Crippen molar-refractivity contribution in [3.63, 3.8) is 0 Å². The summed E-state index contributed by atoms with van der Waals surface area (Å²) in [5.41, 5.74) is 0.494. The van der Waals surface area contributed by atoms with Crippen LogP contribution < -0.4 is 15.4 Å². The third-order valence-corrected chi connectivity index (χ3v) is 2.26. The van der Waals surface area contributed by atoms with Crippen molar-refractivity contribution in [1.82, 2.24) is 10.4 Å². The van der Waals surface area contributed by atoms with Crippen molar-refractivity contribution >= 4 is 17.8 Å². The molecule has 3 amide bonds. The lowest BCUT2D eigenvalue weighted by Crippen LogP contribution is -2.32. The molecule has 0 bridgehead atoms. The topological polar surface area (TPSA) is 79.9 Å². The van der Waals surface area contributed by atoms with Crippen LogP contribution in [0.1, 0.15) is 13.8 Å². The van der Waals surface area contributed by atoms with E-state index < -0.39 is 12.1 Å². The number of carbonyl (C=O) groups is 2. The van der Waals surface area contributed by atoms with Crippen LogP contribution in [0.25, 0.3) is 0 Å². The molecule has 0 aliphatic heterocycles. The second-order valence-electron chi connectivity index (χ2n) is 4.33. The highest BCUT2D eigenvalue weighted by molar-refractivity contribution is 5.88. The fourth-order valence-corrected chi connectivity index (χ4v) is 1.29. The number of carbonyl (C=O) groups excluding carboxylic acids is 2. The molecule has 2 N–H and O–H groups in total. The van der Waals surface area contributed by atoms with Crippen LogP contribution in [-0.2, 0) is 4.84 Å². The first kappa shape index (κ1) is 15.8. The van der Waals surface area contributed by atoms with Gasteiger partial charge in [0.1, 0.15) is 5.75 Å². The van der Waals surface area contributed by atoms with E-state index >= 15 is 0 Å². The van der Waals surface area contributed by atoms with Gasteiger partial charge in [-0.05, 0) is 26.0 Å². The van der Waals surface area contributed by atoms with Crippen LogP contribution in [-0.4, -0.2) is 37.4 Å². The maximum Gasteiger partial charge on any atom is 0.412 e. The predicted octanol–water partition coefficient (Wildman–Crippen LogP) is 2.21. The van der Waals surface area contributed by atoms with Gasteiger partial charge in [-0.15, -0.1) is 0 Å². The molecule has 0 aliphatic carbocycles. The molecule has 7 nitrogen and oxygen atoms in total. The number of benzene rings is 1. The molecule has 0 aromatic heterocycles. The van der Waals surface area contributed by atoms with E-state index in [9.17, 15) is 9.59 Å². The lowest BCUT2D eigenvalue weighted by atomic mass is 10.3. The summed E-state index contributed by atoms with van der Waals surface area (Å²) < 4.78 is 5.09. The van der Waals surface area contributed by atoms with Gasteiger partial charge in [-0.2, -0.15) is 0 Å². The van der Waals surface area contributed by atoms with Crippen LogP contribution in [0.5, 0.6) is 5.75 Å². The number of hydrogen-bond donors (Lipinski definition) is 2. The number of nitrogens with one attached hydrogen (secondary N) is 2. The van der Waals surface area contributed by atoms with Gasteiger partial charge in [0, 0.05) is 24.8 Å². The second-order valence-corrected chi connectivity index (χ2v) is 4.33. The summed E-state index contributed by atoms with van der Waals surface area (Å²) >= 11 is 0. The Labute approximate surface area is 117 Å². The van der Waals surface area contributed by atoms with Crippen LogP contribution >= 0.6 is 0 Å². The maximum absolute atomic E-state index is 11.6. The number of anilines is 1. The molecular formula is C13H19N3O4. The maximum atomic E-state index is 11.6. The molecule has 0 saturated carbocycles. The minimum absolute atomic E-state index is 0.0132. The Morgan fingerprint density at radius 3 is 2.60 bits per heavy atom. The fourth-order valence-electron chi connectivity index (χ4n) is 1.29. The number of hydroxylamine groups is 2. The van der Waals surface area contributed by atoms with Crippen molar-refractivity contribution < 1.29 is 19.2 Å². The molecule has 0 heterocycles. The highest BCUT2D eigenvalue weighted by Gasteiger charge is 2.10. The smallest absolute Gasteiger partial charge is 0.410 e. The van der Waals surface area contributed by atoms with Gasteiger partial charge in [0.25, 0.3) is 0 Å². The van der Waals surface area contributed by atoms with E-state index in [2.05, 4.69) is 10.6 Å². The van der Waals surface area contributed by atoms with Gasteiger partial charge < -0.3 is 15.4 Å². The summed E-state index contributed by atoms with van der Waals surface area (Å²) in [6.07, 6.45) is -0.544. The van der Waals surface area contributed by atoms with E-state index in [1.54, 1.807) is 24.3 Å². The molecule has 0 aliphatic rings. The standard InChI is InChI=1S/C13H19N3O4/c1-9(2)14-13(18)20-11-7-5-6-10(8-11)15-12(17)16(3)19-4/h5-9H,1-4H3,(H,14,18)(H,15,17). The largest absolute Gasteiger partial charge is 0.412 e. The molecule has 1 aromatic carbocycles. The number of urea groups is 1. The van der Waals surface area contributed by atoms with E-state index in [0.29, 0.717) is 11.4 Å². The van der Waals surface area contributed by atoms with E-state index in [0.717, 1.165) is 5.06 Å². The minimum atomic E-state index is -0.544. The summed E-state index contributed by atoms with van der Waals surface area (Å²) in [6.45, 7) is 3.66. The molecule has 0 unspecified atom stereocenters. The van der Waals surface area contributed by atoms with Crippen molar-refractivity contribution in [3.8, 4) is 5.75 Å². The monoisotopic (exact) mass is 281 g/mol. The first-order valence-corrected chi connectivity index (χ1v) is 6.09. The van der Waals surface area contributed by atoms with Gasteiger partial charge in [0.05, 0.1) is 7.11 Å². The van der Waals surface area contributed by atoms with E-state index in [4.69, 9.17) is 9.57 Å². The third kappa shape index (κ3) is 5.15. The quantitative estimate of drug-likeness (QED) is 0.829. The normalized spacial score (nSPS) is 10.1. The van der Waals surface area contributed by atoms with E-state index in [-0.39, 0.29) is 6.04 Å². The fraction of sp³-hybridized carbons (Fsp3) is 0.385. The van der Waals surface area contributed by atoms with Crippen LogP contribution in [0.4, 0.5) is 15.3 Å². The van der Waals surface area contributed by atoms with Crippen LogP contribution in [0.15, 0.2) is 24.3 Å². The molecule has 0 radical (unpaired) electrons. The molecule has 0 spiro atoms. The van der Waals surface area contributed by atoms with Gasteiger partial charge in [0.2, 0.25) is 0 Å². The second kappa shape index (κ2) is 7.34. The lowest BCUT2D eigenvalue weighted by Gasteiger charge is -2.15. The Bertz CT molecular complexity index is 476. The zero-order valence-corrected chi connectivity index (χ0v) is 12.0. The molecule has 110 valence electrons. The molecule has 1 aromatic rings. The van der Waals surface area contributed by atoms with Crippen molar-refractivity contribution in [1.29, 1.82) is 0 Å². The Kier molecular flexibility index (Phi) is 5.79. The van der Waals surface area contributed by atoms with Crippen LogP contribution in [0, 0.1) is 0 Å². The summed E-state index contributed by atoms with van der Waals surface area (Å²) in [4.78, 5) is 27.8. The first-order chi connectivity index (χ1) is 9.42. The summed E-state index contributed by atoms with van der Waals surface area (Å²) in [5.74, 6) is 0.334. The van der Waals surface area contributed by atoms with Gasteiger partial charge in [0.15, 0.2) is 0 Å². The highest BCUT2D eigenvalue weighted by atomic mass is 16.7. The van der Waals surface area contributed by atoms with Crippen molar-refractivity contribution in [2.45, 2.75) is 19.9 Å². The van der Waals surface area contributed by atoms with Gasteiger partial charge >= 0.3 is 12.1 Å². The molecule has 20 heavy (non-hydrogen) atoms. The lowest BCUT2D eigenvalue weighted by molar-refractivity contribution is -0.0598. The van der Waals surface area contributed by atoms with Gasteiger partial charge in [-0.25, -0.2) is 14.7 Å². The number of ether oxygens (including phenoxy) is 1. The van der Waals surface area contributed by atoms with Gasteiger partial charge in [-0.3, -0.25) is 4.84 Å². The summed E-state index contributed by atoms with van der Waals surface area (Å²) in [5, 5.41) is 6.24. The predicted molar refractivity (Wildman–Crippen MR) is 74.5 cm³/mol. The zero-order chi connectivity index (χ0) is 15.1. The minimum Gasteiger partial charge on any atom is -0.410 e. The number of rotatable bonds is 4. The van der Waals surface area contributed by atoms with E-state index in [1.807, 2.05) is 13.8 Å². The molecule has 7 heteroatoms. The zero-order valence-electron chi connectivity index (χ0n) is 12.0. The highest BCUT2D eigenvalue weighted by Crippen LogP contribution is 2.17. The Morgan fingerprint density at radius 2 is 2.00 bits per heavy atom. The molecule has 1 rings (SSSR count). The molecule has 0 fully saturated rings. The average molecular weight is 281 g/mol. The number of amides is 3. The van der Waals surface area contributed by atoms with Crippen molar-refractivity contribution in [2.24, 2.45) is 0 Å². The van der Waals surface area contributed by atoms with Crippen LogP contribution in [0.2, 0.25) is 0 Å². The number of nitrogens with zero attached hydrogens (tertiary/aromatic N) is 1. The van der Waals surface area contributed by atoms with Crippen molar-refractivity contribution in [2.75, 3.05) is 19.5 Å². The van der Waals surface area contributed by atoms with Crippen LogP contribution in [0.3, 0.4) is 0 Å². The third-order valence-electron chi connectivity index (χ3n) is 2.26. The Morgan fingerprint density at radius 1 is 1.30 bits per heavy atom. The van der Waals surface area contributed by atoms with Crippen molar-refractivity contribution in [3.05, 3.63) is 24.3 Å². The van der Waals surface area contributed by atoms with Gasteiger partial charge in [-0.1, -0.05) is 6.07 Å². The summed E-state index contributed by atoms with van der Waals surface area (Å²) in [7, 11) is 2.86. The molecule has 0 saturated heterocycles. The SMILES string of the molecule is CON(C)C(=O)Nc1cccc(OC(=O)NC(C)C)c1. The van der Waals surface area contributed by atoms with E-state index in [1.165, 1.54) is 14.2 Å². The average Bonchev–Trinajstić information content (AvgIpc) is 2.36. The Hall–Kier alpha value is -2.28. The Balaban J connectivity index is 2.66. The molecule has 0 atom stereocenters. The molecular weight excluding hydrogens is 262 g/mol.